The van der Waals surface area contributed by atoms with Crippen molar-refractivity contribution in [2.75, 3.05) is 13.2 Å². The van der Waals surface area contributed by atoms with Crippen molar-refractivity contribution in [3.05, 3.63) is 70.2 Å². The van der Waals surface area contributed by atoms with Crippen LogP contribution >= 0.6 is 11.6 Å². The van der Waals surface area contributed by atoms with Crippen molar-refractivity contribution in [2.24, 2.45) is 0 Å². The summed E-state index contributed by atoms with van der Waals surface area (Å²) in [6, 6.07) is 10.7. The first-order valence-corrected chi connectivity index (χ1v) is 7.99. The average molecular weight is 386 g/mol. The van der Waals surface area contributed by atoms with Crippen molar-refractivity contribution in [1.82, 2.24) is 5.32 Å². The molecule has 138 valence electrons. The minimum Gasteiger partial charge on any atom is -0.452 e. The summed E-state index contributed by atoms with van der Waals surface area (Å²) in [5.74, 6) is -1.37. The fraction of sp³-hybridized carbons (Fsp3) is 0.222. The van der Waals surface area contributed by atoms with Crippen LogP contribution in [0.25, 0.3) is 0 Å². The van der Waals surface area contributed by atoms with E-state index < -0.39 is 30.2 Å². The first kappa shape index (κ1) is 19.8. The zero-order valence-corrected chi connectivity index (χ0v) is 14.2. The van der Waals surface area contributed by atoms with Gasteiger partial charge in [0.05, 0.1) is 11.1 Å². The molecule has 0 heterocycles. The quantitative estimate of drug-likeness (QED) is 0.768. The standard InChI is InChI=1S/C18H15ClF3NO3/c19-15-7-1-12(2-8-15)9-10-23-16(24)11-26-17(25)13-3-5-14(6-4-13)18(20,21)22/h1-8H,9-11H2,(H,23,24). The van der Waals surface area contributed by atoms with Gasteiger partial charge < -0.3 is 10.1 Å². The van der Waals surface area contributed by atoms with Gasteiger partial charge in [-0.1, -0.05) is 23.7 Å². The van der Waals surface area contributed by atoms with E-state index in [0.717, 1.165) is 29.8 Å². The number of alkyl halides is 3. The summed E-state index contributed by atoms with van der Waals surface area (Å²) >= 11 is 5.77. The summed E-state index contributed by atoms with van der Waals surface area (Å²) in [5.41, 5.74) is 0.0532. The normalized spacial score (nSPS) is 11.1. The number of hydrogen-bond donors (Lipinski definition) is 1. The molecule has 0 unspecified atom stereocenters. The van der Waals surface area contributed by atoms with Crippen LogP contribution in [0.2, 0.25) is 5.02 Å². The minimum absolute atomic E-state index is 0.0630. The van der Waals surface area contributed by atoms with Gasteiger partial charge in [0.25, 0.3) is 5.91 Å². The Labute approximate surface area is 152 Å². The molecule has 0 saturated heterocycles. The van der Waals surface area contributed by atoms with E-state index in [1.165, 1.54) is 0 Å². The highest BCUT2D eigenvalue weighted by atomic mass is 35.5. The van der Waals surface area contributed by atoms with Crippen LogP contribution in [-0.2, 0) is 22.1 Å². The summed E-state index contributed by atoms with van der Waals surface area (Å²) < 4.78 is 42.2. The van der Waals surface area contributed by atoms with Gasteiger partial charge in [-0.3, -0.25) is 4.79 Å². The first-order chi connectivity index (χ1) is 12.3. The molecule has 0 bridgehead atoms. The Morgan fingerprint density at radius 2 is 1.62 bits per heavy atom. The smallest absolute Gasteiger partial charge is 0.416 e. The Bertz CT molecular complexity index is 759. The number of nitrogens with one attached hydrogen (secondary N) is 1. The van der Waals surface area contributed by atoms with Crippen molar-refractivity contribution in [2.45, 2.75) is 12.6 Å². The van der Waals surface area contributed by atoms with Gasteiger partial charge in [0.2, 0.25) is 0 Å². The van der Waals surface area contributed by atoms with Crippen molar-refractivity contribution < 1.29 is 27.5 Å². The van der Waals surface area contributed by atoms with E-state index in [-0.39, 0.29) is 5.56 Å². The van der Waals surface area contributed by atoms with Crippen LogP contribution < -0.4 is 5.32 Å². The molecule has 26 heavy (non-hydrogen) atoms. The summed E-state index contributed by atoms with van der Waals surface area (Å²) in [6.45, 7) is -0.168. The Hall–Kier alpha value is -2.54. The molecule has 1 N–H and O–H groups in total. The highest BCUT2D eigenvalue weighted by molar-refractivity contribution is 6.30. The van der Waals surface area contributed by atoms with E-state index >= 15 is 0 Å². The zero-order valence-electron chi connectivity index (χ0n) is 13.5. The molecule has 0 radical (unpaired) electrons. The van der Waals surface area contributed by atoms with Gasteiger partial charge in [-0.05, 0) is 48.4 Å². The van der Waals surface area contributed by atoms with Crippen LogP contribution in [0.4, 0.5) is 13.2 Å². The van der Waals surface area contributed by atoms with E-state index in [2.05, 4.69) is 5.32 Å². The molecule has 0 fully saturated rings. The van der Waals surface area contributed by atoms with Crippen LogP contribution in [0.3, 0.4) is 0 Å². The molecule has 0 aliphatic heterocycles. The molecule has 0 spiro atoms. The van der Waals surface area contributed by atoms with Crippen LogP contribution in [0, 0.1) is 0 Å². The molecule has 8 heteroatoms. The molecule has 0 saturated carbocycles. The van der Waals surface area contributed by atoms with Crippen molar-refractivity contribution in [1.29, 1.82) is 0 Å². The van der Waals surface area contributed by atoms with E-state index in [4.69, 9.17) is 16.3 Å². The lowest BCUT2D eigenvalue weighted by atomic mass is 10.1. The maximum absolute atomic E-state index is 12.5. The summed E-state index contributed by atoms with van der Waals surface area (Å²) in [4.78, 5) is 23.4. The second kappa shape index (κ2) is 8.71. The molecule has 2 aromatic rings. The number of halogens is 4. The number of carbonyl (C=O) groups excluding carboxylic acids is 2. The van der Waals surface area contributed by atoms with E-state index in [1.54, 1.807) is 12.1 Å². The SMILES string of the molecule is O=C(COC(=O)c1ccc(C(F)(F)F)cc1)NCCc1ccc(Cl)cc1. The van der Waals surface area contributed by atoms with Gasteiger partial charge in [0.15, 0.2) is 6.61 Å². The van der Waals surface area contributed by atoms with E-state index in [1.807, 2.05) is 12.1 Å². The lowest BCUT2D eigenvalue weighted by Crippen LogP contribution is -2.30. The Morgan fingerprint density at radius 1 is 1.00 bits per heavy atom. The maximum Gasteiger partial charge on any atom is 0.416 e. The third-order valence-electron chi connectivity index (χ3n) is 3.43. The van der Waals surface area contributed by atoms with Gasteiger partial charge in [-0.2, -0.15) is 13.2 Å². The molecule has 0 aliphatic rings. The van der Waals surface area contributed by atoms with Crippen LogP contribution in [0.1, 0.15) is 21.5 Å². The lowest BCUT2D eigenvalue weighted by Gasteiger charge is -2.08. The number of benzene rings is 2. The third kappa shape index (κ3) is 6.07. The second-order valence-electron chi connectivity index (χ2n) is 5.38. The Morgan fingerprint density at radius 3 is 2.19 bits per heavy atom. The largest absolute Gasteiger partial charge is 0.452 e. The monoisotopic (exact) mass is 385 g/mol. The number of rotatable bonds is 6. The Kier molecular flexibility index (Phi) is 6.63. The van der Waals surface area contributed by atoms with Gasteiger partial charge >= 0.3 is 12.1 Å². The molecule has 0 atom stereocenters. The summed E-state index contributed by atoms with van der Waals surface area (Å²) in [7, 11) is 0. The van der Waals surface area contributed by atoms with E-state index in [0.29, 0.717) is 18.0 Å². The lowest BCUT2D eigenvalue weighted by molar-refractivity contribution is -0.137. The van der Waals surface area contributed by atoms with Gasteiger partial charge in [-0.15, -0.1) is 0 Å². The van der Waals surface area contributed by atoms with Crippen LogP contribution in [-0.4, -0.2) is 25.0 Å². The number of ether oxygens (including phenoxy) is 1. The highest BCUT2D eigenvalue weighted by Gasteiger charge is 2.30. The fourth-order valence-electron chi connectivity index (χ4n) is 2.06. The molecule has 0 aliphatic carbocycles. The van der Waals surface area contributed by atoms with Gasteiger partial charge in [-0.25, -0.2) is 4.79 Å². The number of hydrogen-bond acceptors (Lipinski definition) is 3. The second-order valence-corrected chi connectivity index (χ2v) is 5.81. The first-order valence-electron chi connectivity index (χ1n) is 7.61. The van der Waals surface area contributed by atoms with Crippen molar-refractivity contribution in [3.8, 4) is 0 Å². The topological polar surface area (TPSA) is 55.4 Å². The number of esters is 1. The molecule has 4 nitrogen and oxygen atoms in total. The van der Waals surface area contributed by atoms with Gasteiger partial charge in [0.1, 0.15) is 0 Å². The van der Waals surface area contributed by atoms with Gasteiger partial charge in [0, 0.05) is 11.6 Å². The van der Waals surface area contributed by atoms with Crippen LogP contribution in [0.15, 0.2) is 48.5 Å². The number of carbonyl (C=O) groups is 2. The molecular formula is C18H15ClF3NO3. The zero-order chi connectivity index (χ0) is 19.2. The highest BCUT2D eigenvalue weighted by Crippen LogP contribution is 2.29. The Balaban J connectivity index is 1.74. The van der Waals surface area contributed by atoms with Crippen molar-refractivity contribution in [3.63, 3.8) is 0 Å². The predicted octanol–water partition coefficient (Wildman–Crippen LogP) is 3.87. The van der Waals surface area contributed by atoms with Crippen LogP contribution in [0.5, 0.6) is 0 Å². The summed E-state index contributed by atoms with van der Waals surface area (Å²) in [5, 5.41) is 3.20. The minimum atomic E-state index is -4.48. The average Bonchev–Trinajstić information content (AvgIpc) is 2.61. The maximum atomic E-state index is 12.5. The number of amides is 1. The molecule has 2 aromatic carbocycles. The summed E-state index contributed by atoms with van der Waals surface area (Å²) in [6.07, 6.45) is -3.90. The predicted molar refractivity (Wildman–Crippen MR) is 89.9 cm³/mol. The molecular weight excluding hydrogens is 371 g/mol. The molecule has 1 amide bonds. The molecule has 2 rings (SSSR count). The van der Waals surface area contributed by atoms with Crippen molar-refractivity contribution >= 4 is 23.5 Å². The fourth-order valence-corrected chi connectivity index (χ4v) is 2.18. The molecule has 0 aromatic heterocycles. The third-order valence-corrected chi connectivity index (χ3v) is 3.68. The van der Waals surface area contributed by atoms with E-state index in [9.17, 15) is 22.8 Å².